The highest BCUT2D eigenvalue weighted by atomic mass is 16.4. The number of hydrogen-bond donors (Lipinski definition) is 2. The Morgan fingerprint density at radius 3 is 2.17 bits per heavy atom. The summed E-state index contributed by atoms with van der Waals surface area (Å²) in [5.74, 6) is -0.667. The van der Waals surface area contributed by atoms with E-state index in [9.17, 15) is 14.4 Å². The number of rotatable bonds is 12. The summed E-state index contributed by atoms with van der Waals surface area (Å²) in [6.07, 6.45) is 6.14. The number of carboxylic acid groups (broad SMARTS) is 1. The summed E-state index contributed by atoms with van der Waals surface area (Å²) in [7, 11) is 0. The second-order valence-electron chi connectivity index (χ2n) is 6.01. The molecule has 1 rings (SSSR count). The van der Waals surface area contributed by atoms with E-state index >= 15 is 0 Å². The van der Waals surface area contributed by atoms with Crippen molar-refractivity contribution in [2.75, 3.05) is 6.54 Å². The summed E-state index contributed by atoms with van der Waals surface area (Å²) in [4.78, 5) is 33.3. The molecular weight excluding hydrogens is 306 g/mol. The maximum Gasteiger partial charge on any atom is 0.303 e. The molecule has 0 fully saturated rings. The third kappa shape index (κ3) is 9.08. The van der Waals surface area contributed by atoms with Gasteiger partial charge in [-0.25, -0.2) is 0 Å². The number of aliphatic carboxylic acids is 1. The summed E-state index contributed by atoms with van der Waals surface area (Å²) in [5.41, 5.74) is 1.63. The Kier molecular flexibility index (Phi) is 9.42. The van der Waals surface area contributed by atoms with E-state index in [4.69, 9.17) is 5.11 Å². The summed E-state index contributed by atoms with van der Waals surface area (Å²) < 4.78 is 0. The van der Waals surface area contributed by atoms with Crippen molar-refractivity contribution >= 4 is 17.7 Å². The van der Waals surface area contributed by atoms with Gasteiger partial charge in [-0.05, 0) is 24.8 Å². The van der Waals surface area contributed by atoms with Gasteiger partial charge in [0.1, 0.15) is 0 Å². The first-order valence-electron chi connectivity index (χ1n) is 8.57. The van der Waals surface area contributed by atoms with Gasteiger partial charge in [0.25, 0.3) is 0 Å². The van der Waals surface area contributed by atoms with Gasteiger partial charge in [-0.3, -0.25) is 14.4 Å². The van der Waals surface area contributed by atoms with Crippen LogP contribution in [0.15, 0.2) is 24.3 Å². The van der Waals surface area contributed by atoms with E-state index in [-0.39, 0.29) is 18.1 Å². The molecule has 0 aliphatic rings. The van der Waals surface area contributed by atoms with Crippen LogP contribution in [0.2, 0.25) is 0 Å². The molecule has 1 aromatic rings. The maximum atomic E-state index is 12.1. The average molecular weight is 333 g/mol. The normalized spacial score (nSPS) is 10.4. The molecule has 0 atom stereocenters. The quantitative estimate of drug-likeness (QED) is 0.454. The Morgan fingerprint density at radius 2 is 1.54 bits per heavy atom. The molecular formula is C19H27NO4. The lowest BCUT2D eigenvalue weighted by Crippen LogP contribution is -2.20. The highest BCUT2D eigenvalue weighted by Crippen LogP contribution is 2.12. The zero-order chi connectivity index (χ0) is 17.8. The summed E-state index contributed by atoms with van der Waals surface area (Å²) in [6.45, 7) is 2.24. The lowest BCUT2D eigenvalue weighted by Gasteiger charge is -2.04. The highest BCUT2D eigenvalue weighted by Gasteiger charge is 2.06. The maximum absolute atomic E-state index is 12.1. The molecule has 2 N–H and O–H groups in total. The van der Waals surface area contributed by atoms with Crippen molar-refractivity contribution in [3.05, 3.63) is 35.4 Å². The second kappa shape index (κ2) is 11.4. The molecule has 0 spiro atoms. The van der Waals surface area contributed by atoms with Crippen LogP contribution in [-0.4, -0.2) is 29.3 Å². The van der Waals surface area contributed by atoms with Crippen LogP contribution in [0.1, 0.15) is 67.8 Å². The van der Waals surface area contributed by atoms with Crippen LogP contribution in [0, 0.1) is 0 Å². The van der Waals surface area contributed by atoms with E-state index in [2.05, 4.69) is 5.32 Å². The highest BCUT2D eigenvalue weighted by molar-refractivity contribution is 5.96. The Labute approximate surface area is 143 Å². The predicted octanol–water partition coefficient (Wildman–Crippen LogP) is 3.36. The van der Waals surface area contributed by atoms with Crippen molar-refractivity contribution in [1.82, 2.24) is 5.32 Å². The minimum absolute atomic E-state index is 0.00887. The van der Waals surface area contributed by atoms with E-state index in [1.807, 2.05) is 12.1 Å². The molecule has 0 aromatic heterocycles. The van der Waals surface area contributed by atoms with Crippen molar-refractivity contribution in [2.45, 2.75) is 58.3 Å². The number of carbonyl (C=O) groups excluding carboxylic acids is 2. The van der Waals surface area contributed by atoms with Crippen molar-refractivity contribution in [3.63, 3.8) is 0 Å². The summed E-state index contributed by atoms with van der Waals surface area (Å²) >= 11 is 0. The van der Waals surface area contributed by atoms with Crippen LogP contribution in [0.25, 0.3) is 0 Å². The fraction of sp³-hybridized carbons (Fsp3) is 0.526. The van der Waals surface area contributed by atoms with Crippen molar-refractivity contribution in [2.24, 2.45) is 0 Å². The monoisotopic (exact) mass is 333 g/mol. The van der Waals surface area contributed by atoms with E-state index in [1.165, 1.54) is 6.92 Å². The van der Waals surface area contributed by atoms with E-state index in [0.717, 1.165) is 44.2 Å². The number of ketones is 1. The fourth-order valence-corrected chi connectivity index (χ4v) is 2.46. The molecule has 1 aromatic carbocycles. The minimum atomic E-state index is -0.813. The molecule has 0 aliphatic heterocycles. The average Bonchev–Trinajstić information content (AvgIpc) is 2.55. The number of nitrogens with one attached hydrogen (secondary N) is 1. The Bertz CT molecular complexity index is 537. The number of benzene rings is 1. The number of carbonyl (C=O) groups is 3. The molecule has 0 aliphatic carbocycles. The largest absolute Gasteiger partial charge is 0.481 e. The van der Waals surface area contributed by atoms with Gasteiger partial charge < -0.3 is 10.4 Å². The molecule has 132 valence electrons. The topological polar surface area (TPSA) is 83.5 Å². The van der Waals surface area contributed by atoms with Gasteiger partial charge in [0.2, 0.25) is 5.91 Å². The predicted molar refractivity (Wildman–Crippen MR) is 93.1 cm³/mol. The van der Waals surface area contributed by atoms with Gasteiger partial charge >= 0.3 is 5.97 Å². The zero-order valence-electron chi connectivity index (χ0n) is 14.3. The van der Waals surface area contributed by atoms with E-state index in [0.29, 0.717) is 18.4 Å². The molecule has 24 heavy (non-hydrogen) atoms. The molecule has 0 radical (unpaired) electrons. The fourth-order valence-electron chi connectivity index (χ4n) is 2.46. The molecule has 0 heterocycles. The molecule has 0 saturated heterocycles. The Morgan fingerprint density at radius 1 is 0.917 bits per heavy atom. The number of aryl methyl sites for hydroxylation is 1. The Hall–Kier alpha value is -2.17. The lowest BCUT2D eigenvalue weighted by atomic mass is 10.0. The van der Waals surface area contributed by atoms with Crippen LogP contribution in [0.5, 0.6) is 0 Å². The molecule has 5 heteroatoms. The summed E-state index contributed by atoms with van der Waals surface area (Å²) in [6, 6.07) is 7.23. The van der Waals surface area contributed by atoms with Crippen LogP contribution in [0.4, 0.5) is 0 Å². The standard InChI is InChI=1S/C19H27NO4/c1-15(21)20-14-6-4-2-3-5-7-18(22)17-11-8-16(9-12-17)10-13-19(23)24/h8-9,11-12H,2-7,10,13-14H2,1H3,(H,20,21)(H,23,24). The SMILES string of the molecule is CC(=O)NCCCCCCCC(=O)c1ccc(CCC(=O)O)cc1. The molecule has 1 amide bonds. The molecule has 0 saturated carbocycles. The lowest BCUT2D eigenvalue weighted by molar-refractivity contribution is -0.137. The van der Waals surface area contributed by atoms with Crippen LogP contribution in [0.3, 0.4) is 0 Å². The molecule has 0 bridgehead atoms. The van der Waals surface area contributed by atoms with Gasteiger partial charge in [-0.15, -0.1) is 0 Å². The number of amides is 1. The zero-order valence-corrected chi connectivity index (χ0v) is 14.3. The number of unbranched alkanes of at least 4 members (excludes halogenated alkanes) is 4. The first-order valence-corrected chi connectivity index (χ1v) is 8.57. The minimum Gasteiger partial charge on any atom is -0.481 e. The number of Topliss-reactive ketones (excluding diaryl/α,β-unsaturated/α-hetero) is 1. The van der Waals surface area contributed by atoms with Crippen molar-refractivity contribution in [3.8, 4) is 0 Å². The van der Waals surface area contributed by atoms with Gasteiger partial charge in [-0.1, -0.05) is 43.5 Å². The molecule has 0 unspecified atom stereocenters. The first kappa shape index (κ1) is 19.9. The first-order chi connectivity index (χ1) is 11.5. The third-order valence-corrected chi connectivity index (χ3v) is 3.86. The van der Waals surface area contributed by atoms with Crippen LogP contribution in [-0.2, 0) is 16.0 Å². The molecule has 5 nitrogen and oxygen atoms in total. The van der Waals surface area contributed by atoms with Crippen LogP contribution >= 0.6 is 0 Å². The van der Waals surface area contributed by atoms with E-state index in [1.54, 1.807) is 12.1 Å². The van der Waals surface area contributed by atoms with Crippen molar-refractivity contribution in [1.29, 1.82) is 0 Å². The van der Waals surface area contributed by atoms with Crippen LogP contribution < -0.4 is 5.32 Å². The Balaban J connectivity index is 2.16. The van der Waals surface area contributed by atoms with Gasteiger partial charge in [-0.2, -0.15) is 0 Å². The second-order valence-corrected chi connectivity index (χ2v) is 6.01. The van der Waals surface area contributed by atoms with Gasteiger partial charge in [0.05, 0.1) is 0 Å². The van der Waals surface area contributed by atoms with Crippen molar-refractivity contribution < 1.29 is 19.5 Å². The van der Waals surface area contributed by atoms with Gasteiger partial charge in [0, 0.05) is 31.9 Å². The number of hydrogen-bond acceptors (Lipinski definition) is 3. The van der Waals surface area contributed by atoms with E-state index < -0.39 is 5.97 Å². The third-order valence-electron chi connectivity index (χ3n) is 3.86. The van der Waals surface area contributed by atoms with Gasteiger partial charge in [0.15, 0.2) is 5.78 Å². The summed E-state index contributed by atoms with van der Waals surface area (Å²) in [5, 5.41) is 11.4. The smallest absolute Gasteiger partial charge is 0.303 e. The number of carboxylic acids is 1.